The second kappa shape index (κ2) is 15.2. The number of benzene rings is 5. The van der Waals surface area contributed by atoms with Gasteiger partial charge in [-0.05, 0) is 84.9 Å². The van der Waals surface area contributed by atoms with Gasteiger partial charge in [0.15, 0.2) is 0 Å². The van der Waals surface area contributed by atoms with Gasteiger partial charge in [-0.15, -0.1) is 10.2 Å². The molecule has 272 valence electrons. The lowest BCUT2D eigenvalue weighted by molar-refractivity contribution is 0.480. The van der Waals surface area contributed by atoms with E-state index >= 15 is 0 Å². The van der Waals surface area contributed by atoms with Crippen LogP contribution in [-0.4, -0.2) is 46.0 Å². The van der Waals surface area contributed by atoms with Crippen LogP contribution >= 0.6 is 0 Å². The molecule has 0 aliphatic carbocycles. The summed E-state index contributed by atoms with van der Waals surface area (Å²) in [6.07, 6.45) is 0. The molecule has 0 bridgehead atoms. The fourth-order valence-electron chi connectivity index (χ4n) is 4.53. The maximum atomic E-state index is 12.4. The third-order valence-electron chi connectivity index (χ3n) is 6.98. The van der Waals surface area contributed by atoms with Crippen molar-refractivity contribution in [2.24, 2.45) is 40.9 Å². The normalized spacial score (nSPS) is 12.8. The Morgan fingerprint density at radius 1 is 0.434 bits per heavy atom. The Morgan fingerprint density at radius 2 is 0.792 bits per heavy atom. The van der Waals surface area contributed by atoms with Crippen molar-refractivity contribution in [1.29, 1.82) is 0 Å². The maximum absolute atomic E-state index is 12.4. The van der Waals surface area contributed by atoms with E-state index < -0.39 is 40.1 Å². The summed E-state index contributed by atoms with van der Waals surface area (Å²) in [6, 6.07) is 21.2. The van der Waals surface area contributed by atoms with Crippen LogP contribution in [0.1, 0.15) is 0 Å². The summed E-state index contributed by atoms with van der Waals surface area (Å²) in [5, 5.41) is 31.7. The van der Waals surface area contributed by atoms with Crippen molar-refractivity contribution in [3.63, 3.8) is 0 Å². The molecule has 0 aliphatic heterocycles. The number of nitrogens with zero attached hydrogens (tertiary/aromatic N) is 8. The van der Waals surface area contributed by atoms with Crippen molar-refractivity contribution < 1.29 is 38.9 Å². The van der Waals surface area contributed by atoms with Crippen LogP contribution in [0.5, 0.6) is 0 Å². The SMILES string of the molecule is CN=Nc1ccc(-c2ccc(N=Nc3cc(N=Nc4ccc(N=Nc5ccc(S(=O)(=O)O)cc5)cc4)c(N)cc3N)cc2S(=O)(=O)O)c(S(=O)(=O)O)c1. The smallest absolute Gasteiger partial charge is 0.295 e. The van der Waals surface area contributed by atoms with Crippen molar-refractivity contribution in [1.82, 2.24) is 0 Å². The first kappa shape index (κ1) is 38.1. The molecule has 19 nitrogen and oxygen atoms in total. The predicted octanol–water partition coefficient (Wildman–Crippen LogP) is 8.22. The molecule has 0 aliphatic rings. The lowest BCUT2D eigenvalue weighted by Crippen LogP contribution is -2.05. The van der Waals surface area contributed by atoms with Gasteiger partial charge in [-0.25, -0.2) is 0 Å². The third-order valence-corrected chi connectivity index (χ3v) is 9.63. The molecule has 0 amide bonds. The summed E-state index contributed by atoms with van der Waals surface area (Å²) in [5.41, 5.74) is 13.3. The molecular weight excluding hydrogens is 753 g/mol. The van der Waals surface area contributed by atoms with Crippen LogP contribution in [0.4, 0.5) is 51.2 Å². The van der Waals surface area contributed by atoms with Crippen LogP contribution in [0.25, 0.3) is 11.1 Å². The molecule has 0 saturated heterocycles. The molecule has 0 atom stereocenters. The van der Waals surface area contributed by atoms with Crippen molar-refractivity contribution >= 4 is 81.5 Å². The Bertz CT molecular complexity index is 2670. The second-order valence-electron chi connectivity index (χ2n) is 10.7. The highest BCUT2D eigenvalue weighted by Crippen LogP contribution is 2.39. The molecule has 7 N–H and O–H groups in total. The molecule has 5 aromatic rings. The van der Waals surface area contributed by atoms with Gasteiger partial charge in [0.25, 0.3) is 30.4 Å². The minimum absolute atomic E-state index is 0.0620. The highest BCUT2D eigenvalue weighted by molar-refractivity contribution is 7.86. The van der Waals surface area contributed by atoms with Gasteiger partial charge in [0.1, 0.15) is 21.2 Å². The quantitative estimate of drug-likeness (QED) is 0.0483. The summed E-state index contributed by atoms with van der Waals surface area (Å²) >= 11 is 0. The van der Waals surface area contributed by atoms with Gasteiger partial charge in [0, 0.05) is 18.2 Å². The molecule has 0 aromatic heterocycles. The molecule has 22 heteroatoms. The molecule has 5 rings (SSSR count). The largest absolute Gasteiger partial charge is 0.397 e. The standard InChI is InChI=1S/C31H26N10O9S3/c1-34-35-21-8-12-24(30(14-21)52(45,46)47)25-13-9-22(15-31(25)53(48,49)50)39-41-29-17-28(26(32)16-27(29)33)40-38-19-4-2-18(3-5-19)36-37-20-6-10-23(11-7-20)51(42,43)44/h2-17H,32-33H2,1H3,(H,42,43,44)(H,45,46,47)(H,48,49,50). The van der Waals surface area contributed by atoms with Crippen LogP contribution < -0.4 is 11.5 Å². The van der Waals surface area contributed by atoms with E-state index in [0.717, 1.165) is 12.1 Å². The van der Waals surface area contributed by atoms with Crippen molar-refractivity contribution in [3.8, 4) is 11.1 Å². The van der Waals surface area contributed by atoms with Crippen molar-refractivity contribution in [2.45, 2.75) is 14.7 Å². The van der Waals surface area contributed by atoms with E-state index in [1.54, 1.807) is 24.3 Å². The summed E-state index contributed by atoms with van der Waals surface area (Å²) in [7, 11) is -12.8. The molecule has 0 spiro atoms. The van der Waals surface area contributed by atoms with E-state index in [0.29, 0.717) is 17.1 Å². The average Bonchev–Trinajstić information content (AvgIpc) is 3.09. The monoisotopic (exact) mass is 778 g/mol. The van der Waals surface area contributed by atoms with Crippen LogP contribution in [-0.2, 0) is 30.4 Å². The summed E-state index contributed by atoms with van der Waals surface area (Å²) < 4.78 is 100. The Kier molecular flexibility index (Phi) is 10.9. The first-order valence-electron chi connectivity index (χ1n) is 14.6. The lowest BCUT2D eigenvalue weighted by Gasteiger charge is -2.12. The van der Waals surface area contributed by atoms with Gasteiger partial charge < -0.3 is 11.5 Å². The zero-order valence-electron chi connectivity index (χ0n) is 27.0. The van der Waals surface area contributed by atoms with E-state index in [1.165, 1.54) is 67.7 Å². The number of anilines is 2. The highest BCUT2D eigenvalue weighted by Gasteiger charge is 2.24. The maximum Gasteiger partial charge on any atom is 0.295 e. The number of rotatable bonds is 11. The summed E-state index contributed by atoms with van der Waals surface area (Å²) in [4.78, 5) is -1.68. The number of nitrogen functional groups attached to an aromatic ring is 2. The van der Waals surface area contributed by atoms with Crippen molar-refractivity contribution in [3.05, 3.63) is 97.1 Å². The minimum Gasteiger partial charge on any atom is -0.397 e. The Morgan fingerprint density at radius 3 is 1.19 bits per heavy atom. The number of hydrogen-bond donors (Lipinski definition) is 5. The van der Waals surface area contributed by atoms with E-state index in [9.17, 15) is 34.4 Å². The fourth-order valence-corrected chi connectivity index (χ4v) is 6.46. The second-order valence-corrected chi connectivity index (χ2v) is 14.9. The molecule has 0 heterocycles. The molecular formula is C31H26N10O9S3. The zero-order chi connectivity index (χ0) is 38.6. The minimum atomic E-state index is -4.97. The fraction of sp³-hybridized carbons (Fsp3) is 0.0323. The van der Waals surface area contributed by atoms with Gasteiger partial charge in [-0.3, -0.25) is 13.7 Å². The van der Waals surface area contributed by atoms with Gasteiger partial charge in [-0.2, -0.15) is 55.9 Å². The van der Waals surface area contributed by atoms with Crippen LogP contribution in [0.3, 0.4) is 0 Å². The summed E-state index contributed by atoms with van der Waals surface area (Å²) in [5.74, 6) is 0. The highest BCUT2D eigenvalue weighted by atomic mass is 32.2. The molecule has 0 fully saturated rings. The Balaban J connectivity index is 1.38. The van der Waals surface area contributed by atoms with Crippen LogP contribution in [0.2, 0.25) is 0 Å². The predicted molar refractivity (Wildman–Crippen MR) is 192 cm³/mol. The van der Waals surface area contributed by atoms with Gasteiger partial charge in [0.2, 0.25) is 0 Å². The van der Waals surface area contributed by atoms with Gasteiger partial charge >= 0.3 is 0 Å². The number of azo groups is 4. The topological polar surface area (TPSA) is 314 Å². The van der Waals surface area contributed by atoms with E-state index in [1.807, 2.05) is 0 Å². The molecule has 0 radical (unpaired) electrons. The average molecular weight is 779 g/mol. The third kappa shape index (κ3) is 9.59. The van der Waals surface area contributed by atoms with Crippen molar-refractivity contribution in [2.75, 3.05) is 18.5 Å². The number of hydrogen-bond acceptors (Lipinski definition) is 16. The Hall–Kier alpha value is -6.17. The number of nitrogens with two attached hydrogens (primary N) is 2. The van der Waals surface area contributed by atoms with Gasteiger partial charge in [-0.1, -0.05) is 12.1 Å². The first-order valence-corrected chi connectivity index (χ1v) is 18.9. The van der Waals surface area contributed by atoms with E-state index in [2.05, 4.69) is 40.9 Å². The first-order chi connectivity index (χ1) is 24.9. The zero-order valence-corrected chi connectivity index (χ0v) is 29.4. The molecule has 53 heavy (non-hydrogen) atoms. The molecule has 0 saturated carbocycles. The lowest BCUT2D eigenvalue weighted by atomic mass is 10.0. The van der Waals surface area contributed by atoms with Gasteiger partial charge in [0.05, 0.1) is 44.7 Å². The van der Waals surface area contributed by atoms with Crippen LogP contribution in [0.15, 0.2) is 153 Å². The summed E-state index contributed by atoms with van der Waals surface area (Å²) in [6.45, 7) is 0. The van der Waals surface area contributed by atoms with E-state index in [-0.39, 0.29) is 50.1 Å². The Labute approximate surface area is 301 Å². The molecule has 5 aromatic carbocycles. The van der Waals surface area contributed by atoms with Crippen LogP contribution in [0, 0.1) is 0 Å². The molecule has 0 unspecified atom stereocenters. The van der Waals surface area contributed by atoms with E-state index in [4.69, 9.17) is 16.0 Å².